The van der Waals surface area contributed by atoms with Gasteiger partial charge < -0.3 is 15.6 Å². The van der Waals surface area contributed by atoms with Gasteiger partial charge in [-0.05, 0) is 43.4 Å². The minimum Gasteiger partial charge on any atom is -0.511 e. The second kappa shape index (κ2) is 7.29. The monoisotopic (exact) mass is 329 g/mol. The van der Waals surface area contributed by atoms with Gasteiger partial charge in [0.1, 0.15) is 11.9 Å². The standard InChI is InChI=1S/C20H27NO3/c1-2-15(13-8-7-9-14(21)12-13)18-19(22)16-10-5-3-4-6-11-17(16)24-20(18)23/h7-9,12,15-17,22H,2-6,10-11,21H2,1H3. The van der Waals surface area contributed by atoms with Gasteiger partial charge in [-0.1, -0.05) is 38.3 Å². The molecule has 4 heteroatoms. The zero-order chi connectivity index (χ0) is 17.1. The maximum Gasteiger partial charge on any atom is 0.338 e. The maximum absolute atomic E-state index is 12.6. The molecule has 130 valence electrons. The average molecular weight is 329 g/mol. The van der Waals surface area contributed by atoms with Gasteiger partial charge in [0.15, 0.2) is 0 Å². The summed E-state index contributed by atoms with van der Waals surface area (Å²) in [6.07, 6.45) is 6.79. The third-order valence-corrected chi connectivity index (χ3v) is 5.38. The van der Waals surface area contributed by atoms with Crippen molar-refractivity contribution in [3.63, 3.8) is 0 Å². The Hall–Kier alpha value is -1.97. The van der Waals surface area contributed by atoms with Crippen molar-refractivity contribution >= 4 is 11.7 Å². The highest BCUT2D eigenvalue weighted by atomic mass is 16.5. The fourth-order valence-electron chi connectivity index (χ4n) is 4.11. The van der Waals surface area contributed by atoms with Crippen molar-refractivity contribution in [2.24, 2.45) is 5.92 Å². The summed E-state index contributed by atoms with van der Waals surface area (Å²) in [4.78, 5) is 12.6. The lowest BCUT2D eigenvalue weighted by atomic mass is 9.79. The number of esters is 1. The van der Waals surface area contributed by atoms with E-state index in [-0.39, 0.29) is 29.7 Å². The second-order valence-electron chi connectivity index (χ2n) is 6.97. The molecule has 1 heterocycles. The summed E-state index contributed by atoms with van der Waals surface area (Å²) in [6, 6.07) is 7.56. The van der Waals surface area contributed by atoms with E-state index in [9.17, 15) is 9.90 Å². The Balaban J connectivity index is 1.98. The zero-order valence-electron chi connectivity index (χ0n) is 14.3. The molecular formula is C20H27NO3. The first kappa shape index (κ1) is 16.9. The number of fused-ring (bicyclic) bond motifs is 1. The van der Waals surface area contributed by atoms with Crippen LogP contribution < -0.4 is 5.73 Å². The van der Waals surface area contributed by atoms with Crippen LogP contribution in [0, 0.1) is 5.92 Å². The molecule has 3 N–H and O–H groups in total. The molecule has 4 nitrogen and oxygen atoms in total. The number of benzene rings is 1. The van der Waals surface area contributed by atoms with Crippen LogP contribution in [0.25, 0.3) is 0 Å². The van der Waals surface area contributed by atoms with Gasteiger partial charge in [0.2, 0.25) is 0 Å². The van der Waals surface area contributed by atoms with Crippen molar-refractivity contribution < 1.29 is 14.6 Å². The van der Waals surface area contributed by atoms with Crippen LogP contribution in [0.4, 0.5) is 5.69 Å². The molecule has 1 aliphatic heterocycles. The molecule has 0 spiro atoms. The van der Waals surface area contributed by atoms with E-state index in [0.29, 0.717) is 11.3 Å². The van der Waals surface area contributed by atoms with Gasteiger partial charge in [-0.3, -0.25) is 0 Å². The number of aliphatic hydroxyl groups is 1. The zero-order valence-corrected chi connectivity index (χ0v) is 14.3. The topological polar surface area (TPSA) is 72.5 Å². The number of carbonyl (C=O) groups excluding carboxylic acids is 1. The highest BCUT2D eigenvalue weighted by Crippen LogP contribution is 2.41. The first-order valence-electron chi connectivity index (χ1n) is 9.11. The summed E-state index contributed by atoms with van der Waals surface area (Å²) in [7, 11) is 0. The molecule has 0 radical (unpaired) electrons. The lowest BCUT2D eigenvalue weighted by Crippen LogP contribution is -2.37. The number of nitrogens with two attached hydrogens (primary N) is 1. The van der Waals surface area contributed by atoms with Crippen molar-refractivity contribution in [1.82, 2.24) is 0 Å². The van der Waals surface area contributed by atoms with Gasteiger partial charge in [-0.25, -0.2) is 4.79 Å². The molecule has 0 bridgehead atoms. The van der Waals surface area contributed by atoms with Gasteiger partial charge in [-0.15, -0.1) is 0 Å². The van der Waals surface area contributed by atoms with E-state index < -0.39 is 0 Å². The van der Waals surface area contributed by atoms with Crippen molar-refractivity contribution in [1.29, 1.82) is 0 Å². The Kier molecular flexibility index (Phi) is 5.12. The minimum absolute atomic E-state index is 0.0480. The Morgan fingerprint density at radius 1 is 1.25 bits per heavy atom. The fraction of sp³-hybridized carbons (Fsp3) is 0.550. The second-order valence-corrected chi connectivity index (χ2v) is 6.97. The lowest BCUT2D eigenvalue weighted by molar-refractivity contribution is -0.151. The van der Waals surface area contributed by atoms with Gasteiger partial charge in [0.05, 0.1) is 11.5 Å². The number of rotatable bonds is 3. The summed E-state index contributed by atoms with van der Waals surface area (Å²) in [5, 5.41) is 10.9. The van der Waals surface area contributed by atoms with E-state index in [1.807, 2.05) is 31.2 Å². The summed E-state index contributed by atoms with van der Waals surface area (Å²) < 4.78 is 5.76. The molecule has 3 unspecified atom stereocenters. The lowest BCUT2D eigenvalue weighted by Gasteiger charge is -2.35. The van der Waals surface area contributed by atoms with E-state index in [1.165, 1.54) is 12.8 Å². The summed E-state index contributed by atoms with van der Waals surface area (Å²) in [6.45, 7) is 2.02. The predicted octanol–water partition coefficient (Wildman–Crippen LogP) is 4.47. The Bertz CT molecular complexity index is 638. The van der Waals surface area contributed by atoms with Crippen LogP contribution >= 0.6 is 0 Å². The first-order valence-corrected chi connectivity index (χ1v) is 9.11. The van der Waals surface area contributed by atoms with Crippen LogP contribution in [-0.2, 0) is 9.53 Å². The largest absolute Gasteiger partial charge is 0.511 e. The van der Waals surface area contributed by atoms with E-state index in [4.69, 9.17) is 10.5 Å². The molecule has 3 rings (SSSR count). The van der Waals surface area contributed by atoms with Crippen molar-refractivity contribution in [2.45, 2.75) is 63.9 Å². The van der Waals surface area contributed by atoms with Crippen LogP contribution in [0.3, 0.4) is 0 Å². The molecule has 1 saturated carbocycles. The van der Waals surface area contributed by atoms with Gasteiger partial charge >= 0.3 is 5.97 Å². The molecule has 1 aromatic rings. The van der Waals surface area contributed by atoms with Gasteiger partial charge in [-0.2, -0.15) is 0 Å². The summed E-state index contributed by atoms with van der Waals surface area (Å²) >= 11 is 0. The van der Waals surface area contributed by atoms with E-state index in [1.54, 1.807) is 0 Å². The number of hydrogen-bond donors (Lipinski definition) is 2. The predicted molar refractivity (Wildman–Crippen MR) is 94.6 cm³/mol. The molecule has 0 amide bonds. The number of hydrogen-bond acceptors (Lipinski definition) is 4. The quantitative estimate of drug-likeness (QED) is 0.634. The smallest absolute Gasteiger partial charge is 0.338 e. The average Bonchev–Trinajstić information content (AvgIpc) is 2.53. The number of ether oxygens (including phenoxy) is 1. The third kappa shape index (κ3) is 3.28. The van der Waals surface area contributed by atoms with E-state index in [2.05, 4.69) is 0 Å². The molecule has 2 aliphatic rings. The first-order chi connectivity index (χ1) is 11.6. The number of aliphatic hydroxyl groups excluding tert-OH is 1. The molecule has 0 aromatic heterocycles. The Labute approximate surface area is 143 Å². The maximum atomic E-state index is 12.6. The normalized spacial score (nSPS) is 26.1. The highest BCUT2D eigenvalue weighted by molar-refractivity contribution is 5.92. The molecular weight excluding hydrogens is 302 g/mol. The van der Waals surface area contributed by atoms with E-state index >= 15 is 0 Å². The molecule has 3 atom stereocenters. The number of nitrogen functional groups attached to an aromatic ring is 1. The molecule has 1 aromatic carbocycles. The van der Waals surface area contributed by atoms with Crippen molar-refractivity contribution in [2.75, 3.05) is 5.73 Å². The highest BCUT2D eigenvalue weighted by Gasteiger charge is 2.40. The Morgan fingerprint density at radius 3 is 2.71 bits per heavy atom. The van der Waals surface area contributed by atoms with Crippen LogP contribution in [0.1, 0.15) is 63.4 Å². The van der Waals surface area contributed by atoms with Crippen molar-refractivity contribution in [3.8, 4) is 0 Å². The van der Waals surface area contributed by atoms with Gasteiger partial charge in [0.25, 0.3) is 0 Å². The number of anilines is 1. The summed E-state index contributed by atoms with van der Waals surface area (Å²) in [5.41, 5.74) is 7.96. The SMILES string of the molecule is CCC(C1=C(O)C2CCCCCCC2OC1=O)c1cccc(N)c1. The third-order valence-electron chi connectivity index (χ3n) is 5.38. The van der Waals surface area contributed by atoms with Gasteiger partial charge in [0, 0.05) is 11.6 Å². The van der Waals surface area contributed by atoms with E-state index in [0.717, 1.165) is 37.7 Å². The molecule has 1 aliphatic carbocycles. The molecule has 24 heavy (non-hydrogen) atoms. The number of carbonyl (C=O) groups is 1. The van der Waals surface area contributed by atoms with Crippen LogP contribution in [0.2, 0.25) is 0 Å². The Morgan fingerprint density at radius 2 is 2.00 bits per heavy atom. The molecule has 0 saturated heterocycles. The minimum atomic E-state index is -0.358. The fourth-order valence-corrected chi connectivity index (χ4v) is 4.11. The van der Waals surface area contributed by atoms with Crippen LogP contribution in [0.15, 0.2) is 35.6 Å². The van der Waals surface area contributed by atoms with Crippen LogP contribution in [-0.4, -0.2) is 17.2 Å². The van der Waals surface area contributed by atoms with Crippen molar-refractivity contribution in [3.05, 3.63) is 41.2 Å². The van der Waals surface area contributed by atoms with Crippen LogP contribution in [0.5, 0.6) is 0 Å². The molecule has 1 fully saturated rings. The summed E-state index contributed by atoms with van der Waals surface area (Å²) in [5.74, 6) is -0.323.